The zero-order valence-corrected chi connectivity index (χ0v) is 16.8. The Morgan fingerprint density at radius 1 is 1.25 bits per heavy atom. The molecule has 0 heterocycles. The van der Waals surface area contributed by atoms with Crippen LogP contribution in [0.25, 0.3) is 0 Å². The lowest BCUT2D eigenvalue weighted by atomic mass is 10.1. The molecule has 0 saturated heterocycles. The van der Waals surface area contributed by atoms with Crippen LogP contribution < -0.4 is 5.32 Å². The molecule has 1 N–H and O–H groups in total. The van der Waals surface area contributed by atoms with Gasteiger partial charge >= 0.3 is 0 Å². The maximum Gasteiger partial charge on any atom is 0.257 e. The van der Waals surface area contributed by atoms with Gasteiger partial charge in [-0.1, -0.05) is 49.6 Å². The molecule has 1 rings (SSSR count). The Morgan fingerprint density at radius 2 is 1.83 bits per heavy atom. The first kappa shape index (κ1) is 20.4. The van der Waals surface area contributed by atoms with Crippen LogP contribution in [-0.2, 0) is 9.53 Å². The van der Waals surface area contributed by atoms with Crippen molar-refractivity contribution in [2.45, 2.75) is 58.5 Å². The molecule has 132 valence electrons. The van der Waals surface area contributed by atoms with Gasteiger partial charge in [0.15, 0.2) is 6.10 Å². The number of allylic oxidation sites excluding steroid dienone is 1. The van der Waals surface area contributed by atoms with Crippen molar-refractivity contribution in [1.29, 1.82) is 0 Å². The van der Waals surface area contributed by atoms with Gasteiger partial charge in [0.05, 0.1) is 13.7 Å². The molecule has 1 atom stereocenters. The van der Waals surface area contributed by atoms with Gasteiger partial charge < -0.3 is 10.1 Å². The average Bonchev–Trinajstić information content (AvgIpc) is 2.43. The Morgan fingerprint density at radius 3 is 2.29 bits per heavy atom. The second kappa shape index (κ2) is 8.45. The molecule has 0 aromatic heterocycles. The summed E-state index contributed by atoms with van der Waals surface area (Å²) in [6.45, 7) is 16.5. The molecule has 0 spiro atoms. The van der Waals surface area contributed by atoms with Gasteiger partial charge in [0.2, 0.25) is 0 Å². The normalized spacial score (nSPS) is 14.2. The molecule has 0 fully saturated rings. The van der Waals surface area contributed by atoms with Crippen LogP contribution >= 0.6 is 0 Å². The molecule has 0 saturated carbocycles. The number of rotatable bonds is 7. The van der Waals surface area contributed by atoms with E-state index >= 15 is 0 Å². The lowest BCUT2D eigenvalue weighted by molar-refractivity contribution is -0.133. The van der Waals surface area contributed by atoms with E-state index in [4.69, 9.17) is 4.74 Å². The highest BCUT2D eigenvalue weighted by molar-refractivity contribution is 6.81. The van der Waals surface area contributed by atoms with E-state index < -0.39 is 19.8 Å². The summed E-state index contributed by atoms with van der Waals surface area (Å²) < 4.78 is 6.13. The number of nitrogens with one attached hydrogen (secondary N) is 1. The molecule has 0 radical (unpaired) electrons. The smallest absolute Gasteiger partial charge is 0.257 e. The third kappa shape index (κ3) is 7.75. The molecule has 4 heteroatoms. The monoisotopic (exact) mass is 345 g/mol. The fraction of sp³-hybridized carbons (Fsp3) is 0.450. The molecule has 0 aliphatic heterocycles. The Labute approximate surface area is 147 Å². The van der Waals surface area contributed by atoms with Gasteiger partial charge in [-0.3, -0.25) is 4.79 Å². The van der Waals surface area contributed by atoms with Gasteiger partial charge in [-0.2, -0.15) is 0 Å². The zero-order chi connectivity index (χ0) is 18.4. The van der Waals surface area contributed by atoms with E-state index in [1.54, 1.807) is 0 Å². The van der Waals surface area contributed by atoms with Crippen LogP contribution in [0.1, 0.15) is 27.2 Å². The number of carbonyl (C=O) groups excluding carboxylic acids is 1. The SMILES string of the molecule is C=CC/C(=C\[Si](C)(C)C)C(OC(C)(C)C)C(=O)Nc1ccccc1. The summed E-state index contributed by atoms with van der Waals surface area (Å²) in [6, 6.07) is 9.48. The highest BCUT2D eigenvalue weighted by Gasteiger charge is 2.29. The van der Waals surface area contributed by atoms with Crippen LogP contribution in [0.2, 0.25) is 19.6 Å². The van der Waals surface area contributed by atoms with E-state index in [2.05, 4.69) is 37.2 Å². The minimum absolute atomic E-state index is 0.137. The topological polar surface area (TPSA) is 38.3 Å². The van der Waals surface area contributed by atoms with Crippen molar-refractivity contribution in [2.24, 2.45) is 0 Å². The lowest BCUT2D eigenvalue weighted by Crippen LogP contribution is -2.39. The molecule has 24 heavy (non-hydrogen) atoms. The molecule has 1 aromatic rings. The fourth-order valence-electron chi connectivity index (χ4n) is 2.34. The maximum atomic E-state index is 12.9. The van der Waals surface area contributed by atoms with Crippen LogP contribution in [0.15, 0.2) is 54.3 Å². The molecule has 1 unspecified atom stereocenters. The quantitative estimate of drug-likeness (QED) is 0.545. The fourth-order valence-corrected chi connectivity index (χ4v) is 3.73. The van der Waals surface area contributed by atoms with E-state index in [9.17, 15) is 4.79 Å². The minimum Gasteiger partial charge on any atom is -0.358 e. The molecule has 0 aliphatic rings. The first-order chi connectivity index (χ1) is 11.0. The van der Waals surface area contributed by atoms with E-state index in [0.717, 1.165) is 11.3 Å². The molecule has 0 aliphatic carbocycles. The maximum absolute atomic E-state index is 12.9. The number of amides is 1. The van der Waals surface area contributed by atoms with Crippen LogP contribution in [0.5, 0.6) is 0 Å². The van der Waals surface area contributed by atoms with Crippen molar-refractivity contribution in [3.63, 3.8) is 0 Å². The van der Waals surface area contributed by atoms with Gasteiger partial charge in [-0.05, 0) is 44.9 Å². The number of carbonyl (C=O) groups is 1. The average molecular weight is 346 g/mol. The Balaban J connectivity index is 3.15. The van der Waals surface area contributed by atoms with Crippen molar-refractivity contribution in [1.82, 2.24) is 0 Å². The lowest BCUT2D eigenvalue weighted by Gasteiger charge is -2.29. The summed E-state index contributed by atoms with van der Waals surface area (Å²) in [5, 5.41) is 2.97. The molecular weight excluding hydrogens is 314 g/mol. The standard InChI is InChI=1S/C20H31NO2Si/c1-8-12-16(15-24(5,6)7)18(23-20(2,3)4)19(22)21-17-13-10-9-11-14-17/h8-11,13-15,18H,1,12H2,2-7H3,(H,21,22)/b16-15+. The third-order valence-corrected chi connectivity index (χ3v) is 4.32. The highest BCUT2D eigenvalue weighted by atomic mass is 28.3. The second-order valence-electron chi connectivity index (χ2n) is 8.04. The Kier molecular flexibility index (Phi) is 7.18. The van der Waals surface area contributed by atoms with Crippen LogP contribution in [0.3, 0.4) is 0 Å². The number of hydrogen-bond acceptors (Lipinski definition) is 2. The van der Waals surface area contributed by atoms with Crippen molar-refractivity contribution in [2.75, 3.05) is 5.32 Å². The van der Waals surface area contributed by atoms with Crippen LogP contribution in [-0.4, -0.2) is 25.7 Å². The summed E-state index contributed by atoms with van der Waals surface area (Å²) in [4.78, 5) is 12.9. The van der Waals surface area contributed by atoms with E-state index in [-0.39, 0.29) is 5.91 Å². The number of hydrogen-bond donors (Lipinski definition) is 1. The molecule has 0 bridgehead atoms. The van der Waals surface area contributed by atoms with Gasteiger partial charge in [0.25, 0.3) is 5.91 Å². The van der Waals surface area contributed by atoms with E-state index in [1.165, 1.54) is 0 Å². The number of anilines is 1. The summed E-state index contributed by atoms with van der Waals surface area (Å²) in [7, 11) is -1.50. The van der Waals surface area contributed by atoms with Gasteiger partial charge in [0.1, 0.15) is 0 Å². The number of benzene rings is 1. The van der Waals surface area contributed by atoms with Crippen molar-refractivity contribution >= 4 is 19.7 Å². The van der Waals surface area contributed by atoms with E-state index in [0.29, 0.717) is 6.42 Å². The van der Waals surface area contributed by atoms with Gasteiger partial charge in [0, 0.05) is 5.69 Å². The first-order valence-corrected chi connectivity index (χ1v) is 12.0. The number of para-hydroxylation sites is 1. The van der Waals surface area contributed by atoms with Crippen LogP contribution in [0, 0.1) is 0 Å². The predicted octanol–water partition coefficient (Wildman–Crippen LogP) is 5.19. The second-order valence-corrected chi connectivity index (χ2v) is 13.1. The van der Waals surface area contributed by atoms with E-state index in [1.807, 2.05) is 57.2 Å². The summed E-state index contributed by atoms with van der Waals surface area (Å²) >= 11 is 0. The Hall–Kier alpha value is -1.65. The highest BCUT2D eigenvalue weighted by Crippen LogP contribution is 2.23. The van der Waals surface area contributed by atoms with Gasteiger partial charge in [-0.25, -0.2) is 0 Å². The van der Waals surface area contributed by atoms with Crippen molar-refractivity contribution < 1.29 is 9.53 Å². The summed E-state index contributed by atoms with van der Waals surface area (Å²) in [6.07, 6.45) is 1.86. The van der Waals surface area contributed by atoms with Gasteiger partial charge in [-0.15, -0.1) is 6.58 Å². The minimum atomic E-state index is -1.50. The van der Waals surface area contributed by atoms with Crippen molar-refractivity contribution in [3.05, 3.63) is 54.3 Å². The summed E-state index contributed by atoms with van der Waals surface area (Å²) in [5.74, 6) is -0.137. The summed E-state index contributed by atoms with van der Waals surface area (Å²) in [5.41, 5.74) is 3.59. The largest absolute Gasteiger partial charge is 0.358 e. The Bertz CT molecular complexity index is 580. The molecule has 1 amide bonds. The first-order valence-electron chi connectivity index (χ1n) is 8.38. The number of ether oxygens (including phenoxy) is 1. The van der Waals surface area contributed by atoms with Crippen molar-refractivity contribution in [3.8, 4) is 0 Å². The van der Waals surface area contributed by atoms with Crippen LogP contribution in [0.4, 0.5) is 5.69 Å². The zero-order valence-electron chi connectivity index (χ0n) is 15.8. The predicted molar refractivity (Wildman–Crippen MR) is 106 cm³/mol. The molecular formula is C20H31NO2Si. The molecule has 3 nitrogen and oxygen atoms in total. The third-order valence-electron chi connectivity index (χ3n) is 3.09. The molecule has 1 aromatic carbocycles.